The quantitative estimate of drug-likeness (QED) is 0.704. The Bertz CT molecular complexity index is 350. The number of amides is 1. The summed E-state index contributed by atoms with van der Waals surface area (Å²) in [5.41, 5.74) is 2.54. The predicted molar refractivity (Wildman–Crippen MR) is 71.1 cm³/mol. The average molecular weight is 234 g/mol. The standard InChI is InChI=1S/C14H22N2O/c1-12-5-3-6-13(11-12)8-10-16-14(17)7-4-9-15-2/h3,5-6,11,15H,4,7-10H2,1-2H3,(H,16,17). The van der Waals surface area contributed by atoms with Crippen LogP contribution < -0.4 is 10.6 Å². The number of rotatable bonds is 7. The topological polar surface area (TPSA) is 41.1 Å². The summed E-state index contributed by atoms with van der Waals surface area (Å²) in [6.45, 7) is 3.70. The lowest BCUT2D eigenvalue weighted by Crippen LogP contribution is -2.26. The Morgan fingerprint density at radius 1 is 1.29 bits per heavy atom. The number of carbonyl (C=O) groups excluding carboxylic acids is 1. The molecule has 0 saturated heterocycles. The molecule has 0 radical (unpaired) electrons. The molecule has 3 heteroatoms. The van der Waals surface area contributed by atoms with Gasteiger partial charge in [0.1, 0.15) is 0 Å². The van der Waals surface area contributed by atoms with Crippen molar-refractivity contribution in [3.05, 3.63) is 35.4 Å². The van der Waals surface area contributed by atoms with Crippen LogP contribution in [0.5, 0.6) is 0 Å². The fraction of sp³-hybridized carbons (Fsp3) is 0.500. The molecule has 0 saturated carbocycles. The van der Waals surface area contributed by atoms with Gasteiger partial charge in [0.2, 0.25) is 5.91 Å². The first-order valence-corrected chi connectivity index (χ1v) is 6.19. The molecule has 1 aromatic rings. The van der Waals surface area contributed by atoms with Crippen molar-refractivity contribution in [1.29, 1.82) is 0 Å². The van der Waals surface area contributed by atoms with Crippen LogP contribution in [-0.2, 0) is 11.2 Å². The molecule has 0 unspecified atom stereocenters. The first-order chi connectivity index (χ1) is 8.22. The zero-order valence-corrected chi connectivity index (χ0v) is 10.8. The monoisotopic (exact) mass is 234 g/mol. The fourth-order valence-corrected chi connectivity index (χ4v) is 1.73. The van der Waals surface area contributed by atoms with Gasteiger partial charge in [-0.1, -0.05) is 29.8 Å². The Kier molecular flexibility index (Phi) is 6.33. The van der Waals surface area contributed by atoms with Gasteiger partial charge in [-0.05, 0) is 38.9 Å². The zero-order valence-electron chi connectivity index (χ0n) is 10.8. The molecule has 0 aliphatic heterocycles. The van der Waals surface area contributed by atoms with Gasteiger partial charge in [-0.15, -0.1) is 0 Å². The molecule has 0 spiro atoms. The van der Waals surface area contributed by atoms with Crippen LogP contribution in [0.3, 0.4) is 0 Å². The molecule has 0 atom stereocenters. The maximum absolute atomic E-state index is 11.4. The van der Waals surface area contributed by atoms with Crippen molar-refractivity contribution in [2.75, 3.05) is 20.1 Å². The van der Waals surface area contributed by atoms with E-state index in [-0.39, 0.29) is 5.91 Å². The summed E-state index contributed by atoms with van der Waals surface area (Å²) in [5.74, 6) is 0.146. The van der Waals surface area contributed by atoms with E-state index in [9.17, 15) is 4.79 Å². The van der Waals surface area contributed by atoms with Crippen LogP contribution in [0, 0.1) is 6.92 Å². The van der Waals surface area contributed by atoms with Crippen LogP contribution in [0.2, 0.25) is 0 Å². The van der Waals surface area contributed by atoms with Gasteiger partial charge in [0.25, 0.3) is 0 Å². The van der Waals surface area contributed by atoms with E-state index in [2.05, 4.69) is 41.8 Å². The minimum atomic E-state index is 0.146. The number of nitrogens with one attached hydrogen (secondary N) is 2. The highest BCUT2D eigenvalue weighted by atomic mass is 16.1. The van der Waals surface area contributed by atoms with Gasteiger partial charge in [0.05, 0.1) is 0 Å². The molecule has 1 amide bonds. The first-order valence-electron chi connectivity index (χ1n) is 6.19. The summed E-state index contributed by atoms with van der Waals surface area (Å²) in [7, 11) is 1.90. The summed E-state index contributed by atoms with van der Waals surface area (Å²) >= 11 is 0. The Balaban J connectivity index is 2.17. The van der Waals surface area contributed by atoms with Crippen LogP contribution >= 0.6 is 0 Å². The number of aryl methyl sites for hydroxylation is 1. The predicted octanol–water partition coefficient (Wildman–Crippen LogP) is 1.65. The number of hydrogen-bond acceptors (Lipinski definition) is 2. The van der Waals surface area contributed by atoms with Gasteiger partial charge in [0.15, 0.2) is 0 Å². The average Bonchev–Trinajstić information content (AvgIpc) is 2.29. The molecule has 94 valence electrons. The SMILES string of the molecule is CNCCCC(=O)NCCc1cccc(C)c1. The van der Waals surface area contributed by atoms with Gasteiger partial charge in [-0.2, -0.15) is 0 Å². The molecule has 0 fully saturated rings. The summed E-state index contributed by atoms with van der Waals surface area (Å²) in [5, 5.41) is 5.97. The summed E-state index contributed by atoms with van der Waals surface area (Å²) in [4.78, 5) is 11.4. The third-order valence-electron chi connectivity index (χ3n) is 2.65. The van der Waals surface area contributed by atoms with Crippen LogP contribution in [0.4, 0.5) is 0 Å². The lowest BCUT2D eigenvalue weighted by Gasteiger charge is -2.06. The summed E-state index contributed by atoms with van der Waals surface area (Å²) < 4.78 is 0. The van der Waals surface area contributed by atoms with E-state index in [1.54, 1.807) is 0 Å². The molecule has 0 heterocycles. The van der Waals surface area contributed by atoms with Gasteiger partial charge in [0, 0.05) is 13.0 Å². The number of benzene rings is 1. The normalized spacial score (nSPS) is 10.2. The molecule has 2 N–H and O–H groups in total. The Labute approximate surface area is 104 Å². The molecule has 0 aromatic heterocycles. The van der Waals surface area contributed by atoms with Gasteiger partial charge in [-0.3, -0.25) is 4.79 Å². The smallest absolute Gasteiger partial charge is 0.220 e. The van der Waals surface area contributed by atoms with E-state index >= 15 is 0 Å². The maximum Gasteiger partial charge on any atom is 0.220 e. The van der Waals surface area contributed by atoms with Crippen molar-refractivity contribution in [3.8, 4) is 0 Å². The molecular formula is C14H22N2O. The fourth-order valence-electron chi connectivity index (χ4n) is 1.73. The third kappa shape index (κ3) is 6.07. The molecule has 1 aromatic carbocycles. The summed E-state index contributed by atoms with van der Waals surface area (Å²) in [6.07, 6.45) is 2.40. The van der Waals surface area contributed by atoms with Crippen LogP contribution in [0.1, 0.15) is 24.0 Å². The number of carbonyl (C=O) groups is 1. The second-order valence-corrected chi connectivity index (χ2v) is 4.30. The van der Waals surface area contributed by atoms with E-state index in [0.717, 1.165) is 25.9 Å². The Hall–Kier alpha value is -1.35. The van der Waals surface area contributed by atoms with Crippen molar-refractivity contribution < 1.29 is 4.79 Å². The molecule has 3 nitrogen and oxygen atoms in total. The van der Waals surface area contributed by atoms with Crippen molar-refractivity contribution in [2.45, 2.75) is 26.2 Å². The van der Waals surface area contributed by atoms with Crippen molar-refractivity contribution in [3.63, 3.8) is 0 Å². The lowest BCUT2D eigenvalue weighted by molar-refractivity contribution is -0.121. The molecule has 0 bridgehead atoms. The lowest BCUT2D eigenvalue weighted by atomic mass is 10.1. The van der Waals surface area contributed by atoms with Crippen LogP contribution in [-0.4, -0.2) is 26.0 Å². The van der Waals surface area contributed by atoms with E-state index in [1.165, 1.54) is 11.1 Å². The van der Waals surface area contributed by atoms with E-state index in [1.807, 2.05) is 7.05 Å². The summed E-state index contributed by atoms with van der Waals surface area (Å²) in [6, 6.07) is 8.40. The van der Waals surface area contributed by atoms with Crippen LogP contribution in [0.25, 0.3) is 0 Å². The minimum absolute atomic E-state index is 0.146. The van der Waals surface area contributed by atoms with Gasteiger partial charge in [-0.25, -0.2) is 0 Å². The van der Waals surface area contributed by atoms with Gasteiger partial charge < -0.3 is 10.6 Å². The van der Waals surface area contributed by atoms with Crippen molar-refractivity contribution >= 4 is 5.91 Å². The third-order valence-corrected chi connectivity index (χ3v) is 2.65. The van der Waals surface area contributed by atoms with E-state index < -0.39 is 0 Å². The maximum atomic E-state index is 11.4. The second kappa shape index (κ2) is 7.85. The zero-order chi connectivity index (χ0) is 12.5. The second-order valence-electron chi connectivity index (χ2n) is 4.30. The molecular weight excluding hydrogens is 212 g/mol. The Morgan fingerprint density at radius 3 is 2.82 bits per heavy atom. The highest BCUT2D eigenvalue weighted by Crippen LogP contribution is 2.03. The molecule has 0 aliphatic rings. The highest BCUT2D eigenvalue weighted by molar-refractivity contribution is 5.75. The Morgan fingerprint density at radius 2 is 2.12 bits per heavy atom. The van der Waals surface area contributed by atoms with E-state index in [0.29, 0.717) is 6.42 Å². The van der Waals surface area contributed by atoms with Crippen LogP contribution in [0.15, 0.2) is 24.3 Å². The molecule has 1 rings (SSSR count). The largest absolute Gasteiger partial charge is 0.356 e. The minimum Gasteiger partial charge on any atom is -0.356 e. The van der Waals surface area contributed by atoms with E-state index in [4.69, 9.17) is 0 Å². The van der Waals surface area contributed by atoms with Crippen molar-refractivity contribution in [1.82, 2.24) is 10.6 Å². The molecule has 17 heavy (non-hydrogen) atoms. The number of hydrogen-bond donors (Lipinski definition) is 2. The highest BCUT2D eigenvalue weighted by Gasteiger charge is 2.00. The van der Waals surface area contributed by atoms with Gasteiger partial charge >= 0.3 is 0 Å². The molecule has 0 aliphatic carbocycles. The van der Waals surface area contributed by atoms with Crippen molar-refractivity contribution in [2.24, 2.45) is 0 Å². The first kappa shape index (κ1) is 13.7.